The van der Waals surface area contributed by atoms with Crippen LogP contribution >= 0.6 is 0 Å². The van der Waals surface area contributed by atoms with E-state index in [0.717, 1.165) is 24.7 Å². The number of hydrogen-bond acceptors (Lipinski definition) is 3. The van der Waals surface area contributed by atoms with Crippen LogP contribution in [0.3, 0.4) is 0 Å². The Hall–Kier alpha value is -2.57. The molecule has 0 amide bonds. The Morgan fingerprint density at radius 2 is 1.81 bits per heavy atom. The summed E-state index contributed by atoms with van der Waals surface area (Å²) < 4.78 is 39.0. The van der Waals surface area contributed by atoms with E-state index >= 15 is 0 Å². The monoisotopic (exact) mass is 364 g/mol. The van der Waals surface area contributed by atoms with Crippen molar-refractivity contribution in [2.45, 2.75) is 25.4 Å². The first-order chi connectivity index (χ1) is 12.2. The molecule has 138 valence electrons. The summed E-state index contributed by atoms with van der Waals surface area (Å²) in [6.45, 7) is 3.43. The minimum atomic E-state index is -4.35. The van der Waals surface area contributed by atoms with Crippen LogP contribution in [0.4, 0.5) is 24.5 Å². The molecule has 2 aromatic rings. The van der Waals surface area contributed by atoms with Crippen LogP contribution in [0.5, 0.6) is 0 Å². The van der Waals surface area contributed by atoms with Gasteiger partial charge >= 0.3 is 6.18 Å². The molecule has 1 aliphatic rings. The minimum absolute atomic E-state index is 0.0174. The van der Waals surface area contributed by atoms with Crippen LogP contribution < -0.4 is 4.90 Å². The second kappa shape index (κ2) is 6.97. The standard InChI is InChI=1S/C19H19F3N2O2/c1-13-9-15(14-3-2-4-16(10-14)19(20,21)22)12-23(11-13)17-5-7-18(8-6-17)24(25)26/h2-8,10,13,15H,9,11-12H2,1H3. The molecule has 1 fully saturated rings. The summed E-state index contributed by atoms with van der Waals surface area (Å²) in [5.74, 6) is 0.287. The van der Waals surface area contributed by atoms with Crippen molar-refractivity contribution in [1.29, 1.82) is 0 Å². The number of non-ortho nitro benzene ring substituents is 1. The molecule has 2 unspecified atom stereocenters. The first-order valence-electron chi connectivity index (χ1n) is 8.40. The van der Waals surface area contributed by atoms with Gasteiger partial charge in [0.05, 0.1) is 10.5 Å². The summed E-state index contributed by atoms with van der Waals surface area (Å²) in [4.78, 5) is 12.4. The normalized spacial score (nSPS) is 20.8. The van der Waals surface area contributed by atoms with E-state index in [0.29, 0.717) is 18.0 Å². The maximum atomic E-state index is 13.0. The molecule has 1 heterocycles. The number of rotatable bonds is 3. The van der Waals surface area contributed by atoms with Crippen LogP contribution in [0.15, 0.2) is 48.5 Å². The van der Waals surface area contributed by atoms with Crippen LogP contribution in [-0.2, 0) is 6.18 Å². The highest BCUT2D eigenvalue weighted by atomic mass is 19.4. The summed E-state index contributed by atoms with van der Waals surface area (Å²) in [5.41, 5.74) is 0.917. The predicted molar refractivity (Wildman–Crippen MR) is 93.3 cm³/mol. The fourth-order valence-electron chi connectivity index (χ4n) is 3.56. The summed E-state index contributed by atoms with van der Waals surface area (Å²) in [7, 11) is 0. The van der Waals surface area contributed by atoms with E-state index < -0.39 is 16.7 Å². The topological polar surface area (TPSA) is 46.4 Å². The number of anilines is 1. The Morgan fingerprint density at radius 1 is 1.12 bits per heavy atom. The molecule has 1 saturated heterocycles. The molecule has 4 nitrogen and oxygen atoms in total. The zero-order valence-corrected chi connectivity index (χ0v) is 14.2. The zero-order chi connectivity index (χ0) is 18.9. The SMILES string of the molecule is CC1CC(c2cccc(C(F)(F)F)c2)CN(c2ccc([N+](=O)[O-])cc2)C1. The molecule has 2 aromatic carbocycles. The van der Waals surface area contributed by atoms with Gasteiger partial charge in [-0.3, -0.25) is 10.1 Å². The number of hydrogen-bond donors (Lipinski definition) is 0. The van der Waals surface area contributed by atoms with Crippen molar-refractivity contribution in [3.8, 4) is 0 Å². The Morgan fingerprint density at radius 3 is 2.42 bits per heavy atom. The number of nitro groups is 1. The number of alkyl halides is 3. The van der Waals surface area contributed by atoms with Gasteiger partial charge in [-0.05, 0) is 36.1 Å². The van der Waals surface area contributed by atoms with Crippen molar-refractivity contribution >= 4 is 11.4 Å². The van der Waals surface area contributed by atoms with Crippen molar-refractivity contribution in [1.82, 2.24) is 0 Å². The quantitative estimate of drug-likeness (QED) is 0.552. The van der Waals surface area contributed by atoms with E-state index in [1.807, 2.05) is 0 Å². The van der Waals surface area contributed by atoms with Gasteiger partial charge in [-0.1, -0.05) is 25.1 Å². The highest BCUT2D eigenvalue weighted by Gasteiger charge is 2.32. The number of benzene rings is 2. The first-order valence-corrected chi connectivity index (χ1v) is 8.40. The molecule has 26 heavy (non-hydrogen) atoms. The molecule has 0 radical (unpaired) electrons. The fraction of sp³-hybridized carbons (Fsp3) is 0.368. The van der Waals surface area contributed by atoms with E-state index in [9.17, 15) is 23.3 Å². The third-order valence-electron chi connectivity index (χ3n) is 4.77. The summed E-state index contributed by atoms with van der Waals surface area (Å²) >= 11 is 0. The third-order valence-corrected chi connectivity index (χ3v) is 4.77. The largest absolute Gasteiger partial charge is 0.416 e. The second-order valence-corrected chi connectivity index (χ2v) is 6.84. The summed E-state index contributed by atoms with van der Waals surface area (Å²) in [6, 6.07) is 11.8. The molecule has 0 saturated carbocycles. The molecular weight excluding hydrogens is 345 g/mol. The smallest absolute Gasteiger partial charge is 0.371 e. The average Bonchev–Trinajstić information content (AvgIpc) is 2.60. The van der Waals surface area contributed by atoms with Gasteiger partial charge in [0.1, 0.15) is 0 Å². The molecule has 1 aliphatic heterocycles. The molecule has 7 heteroatoms. The van der Waals surface area contributed by atoms with Crippen LogP contribution in [0.25, 0.3) is 0 Å². The first kappa shape index (κ1) is 18.2. The highest BCUT2D eigenvalue weighted by Crippen LogP contribution is 2.36. The average molecular weight is 364 g/mol. The Labute approximate surface area is 149 Å². The van der Waals surface area contributed by atoms with Crippen molar-refractivity contribution in [3.05, 3.63) is 69.8 Å². The molecule has 0 aliphatic carbocycles. The zero-order valence-electron chi connectivity index (χ0n) is 14.2. The van der Waals surface area contributed by atoms with E-state index in [2.05, 4.69) is 11.8 Å². The van der Waals surface area contributed by atoms with Crippen molar-refractivity contribution in [2.75, 3.05) is 18.0 Å². The molecule has 0 bridgehead atoms. The lowest BCUT2D eigenvalue weighted by molar-refractivity contribution is -0.384. The van der Waals surface area contributed by atoms with E-state index in [1.54, 1.807) is 18.2 Å². The number of nitro benzene ring substituents is 1. The molecular formula is C19H19F3N2O2. The fourth-order valence-corrected chi connectivity index (χ4v) is 3.56. The maximum Gasteiger partial charge on any atom is 0.416 e. The van der Waals surface area contributed by atoms with Gasteiger partial charge in [-0.25, -0.2) is 0 Å². The molecule has 3 rings (SSSR count). The van der Waals surface area contributed by atoms with Crippen LogP contribution in [-0.4, -0.2) is 18.0 Å². The van der Waals surface area contributed by atoms with Gasteiger partial charge < -0.3 is 4.90 Å². The van der Waals surface area contributed by atoms with Crippen LogP contribution in [0.1, 0.15) is 30.4 Å². The van der Waals surface area contributed by atoms with Gasteiger partial charge in [0.15, 0.2) is 0 Å². The lowest BCUT2D eigenvalue weighted by Crippen LogP contribution is -2.38. The highest BCUT2D eigenvalue weighted by molar-refractivity contribution is 5.52. The second-order valence-electron chi connectivity index (χ2n) is 6.84. The van der Waals surface area contributed by atoms with Crippen molar-refractivity contribution in [2.24, 2.45) is 5.92 Å². The summed E-state index contributed by atoms with van der Waals surface area (Å²) in [6.07, 6.45) is -3.54. The molecule has 0 N–H and O–H groups in total. The molecule has 2 atom stereocenters. The molecule has 0 aromatic heterocycles. The molecule has 0 spiro atoms. The lowest BCUT2D eigenvalue weighted by Gasteiger charge is -2.38. The van der Waals surface area contributed by atoms with Crippen molar-refractivity contribution in [3.63, 3.8) is 0 Å². The predicted octanol–water partition coefficient (Wildman–Crippen LogP) is 5.24. The van der Waals surface area contributed by atoms with E-state index in [1.165, 1.54) is 24.3 Å². The third kappa shape index (κ3) is 3.98. The van der Waals surface area contributed by atoms with Crippen LogP contribution in [0.2, 0.25) is 0 Å². The van der Waals surface area contributed by atoms with Gasteiger partial charge in [0, 0.05) is 36.8 Å². The van der Waals surface area contributed by atoms with E-state index in [-0.39, 0.29) is 11.6 Å². The number of nitrogens with zero attached hydrogens (tertiary/aromatic N) is 2. The van der Waals surface area contributed by atoms with E-state index in [4.69, 9.17) is 0 Å². The summed E-state index contributed by atoms with van der Waals surface area (Å²) in [5, 5.41) is 10.8. The Bertz CT molecular complexity index is 790. The maximum absolute atomic E-state index is 13.0. The Balaban J connectivity index is 1.83. The van der Waals surface area contributed by atoms with Gasteiger partial charge in [-0.2, -0.15) is 13.2 Å². The minimum Gasteiger partial charge on any atom is -0.371 e. The lowest BCUT2D eigenvalue weighted by atomic mass is 9.84. The number of halogens is 3. The Kier molecular flexibility index (Phi) is 4.89. The van der Waals surface area contributed by atoms with Gasteiger partial charge in [0.2, 0.25) is 0 Å². The van der Waals surface area contributed by atoms with Crippen molar-refractivity contribution < 1.29 is 18.1 Å². The van der Waals surface area contributed by atoms with Crippen LogP contribution in [0, 0.1) is 16.0 Å². The van der Waals surface area contributed by atoms with Gasteiger partial charge in [-0.15, -0.1) is 0 Å². The number of piperidine rings is 1. The van der Waals surface area contributed by atoms with Gasteiger partial charge in [0.25, 0.3) is 5.69 Å².